The zero-order valence-electron chi connectivity index (χ0n) is 8.25. The number of carbonyl (C=O) groups is 1. The van der Waals surface area contributed by atoms with Crippen LogP contribution in [0.2, 0.25) is 0 Å². The molecule has 0 aromatic carbocycles. The number of aliphatic hydroxyl groups is 1. The molecule has 0 aromatic rings. The molecule has 74 valence electrons. The normalized spacial score (nSPS) is 24.9. The van der Waals surface area contributed by atoms with Crippen LogP contribution in [0.4, 0.5) is 0 Å². The van der Waals surface area contributed by atoms with Gasteiger partial charge in [0.05, 0.1) is 6.61 Å². The standard InChI is InChI=1S/C11H18O2/c1-9(6-7-12)8-10-4-2-3-5-11(10)13/h6,10,12H,2-5,7-8H2,1H3/b9-6+. The Morgan fingerprint density at radius 3 is 3.00 bits per heavy atom. The van der Waals surface area contributed by atoms with Gasteiger partial charge >= 0.3 is 0 Å². The fourth-order valence-corrected chi connectivity index (χ4v) is 1.90. The number of aliphatic hydroxyl groups excluding tert-OH is 1. The van der Waals surface area contributed by atoms with Gasteiger partial charge in [0, 0.05) is 12.3 Å². The molecule has 1 rings (SSSR count). The van der Waals surface area contributed by atoms with Crippen molar-refractivity contribution < 1.29 is 9.90 Å². The monoisotopic (exact) mass is 182 g/mol. The minimum absolute atomic E-state index is 0.0900. The fraction of sp³-hybridized carbons (Fsp3) is 0.727. The van der Waals surface area contributed by atoms with E-state index in [1.807, 2.05) is 6.92 Å². The van der Waals surface area contributed by atoms with E-state index in [0.29, 0.717) is 5.78 Å². The predicted molar refractivity (Wildman–Crippen MR) is 52.4 cm³/mol. The van der Waals surface area contributed by atoms with Crippen LogP contribution in [-0.4, -0.2) is 17.5 Å². The molecule has 1 aliphatic rings. The highest BCUT2D eigenvalue weighted by atomic mass is 16.2. The van der Waals surface area contributed by atoms with E-state index in [-0.39, 0.29) is 12.5 Å². The van der Waals surface area contributed by atoms with Crippen molar-refractivity contribution >= 4 is 5.78 Å². The van der Waals surface area contributed by atoms with Gasteiger partial charge < -0.3 is 5.11 Å². The molecule has 0 bridgehead atoms. The Morgan fingerprint density at radius 2 is 2.38 bits per heavy atom. The molecule has 1 aliphatic carbocycles. The molecule has 1 N–H and O–H groups in total. The first-order valence-electron chi connectivity index (χ1n) is 5.03. The van der Waals surface area contributed by atoms with Gasteiger partial charge in [-0.2, -0.15) is 0 Å². The smallest absolute Gasteiger partial charge is 0.136 e. The molecule has 2 nitrogen and oxygen atoms in total. The second kappa shape index (κ2) is 5.18. The van der Waals surface area contributed by atoms with Crippen LogP contribution in [-0.2, 0) is 4.79 Å². The van der Waals surface area contributed by atoms with E-state index in [0.717, 1.165) is 31.3 Å². The SMILES string of the molecule is C/C(=C\CO)CC1CCCCC1=O. The topological polar surface area (TPSA) is 37.3 Å². The first kappa shape index (κ1) is 10.5. The minimum atomic E-state index is 0.0900. The highest BCUT2D eigenvalue weighted by Crippen LogP contribution is 2.25. The maximum Gasteiger partial charge on any atom is 0.136 e. The largest absolute Gasteiger partial charge is 0.392 e. The first-order chi connectivity index (χ1) is 6.24. The minimum Gasteiger partial charge on any atom is -0.392 e. The number of hydrogen-bond acceptors (Lipinski definition) is 2. The van der Waals surface area contributed by atoms with Gasteiger partial charge in [-0.1, -0.05) is 18.1 Å². The van der Waals surface area contributed by atoms with E-state index < -0.39 is 0 Å². The van der Waals surface area contributed by atoms with Gasteiger partial charge in [-0.05, 0) is 26.2 Å². The van der Waals surface area contributed by atoms with Gasteiger partial charge in [-0.25, -0.2) is 0 Å². The van der Waals surface area contributed by atoms with Crippen LogP contribution in [0, 0.1) is 5.92 Å². The number of hydrogen-bond donors (Lipinski definition) is 1. The summed E-state index contributed by atoms with van der Waals surface area (Å²) in [4.78, 5) is 11.4. The van der Waals surface area contributed by atoms with E-state index in [1.54, 1.807) is 6.08 Å². The molecule has 1 saturated carbocycles. The van der Waals surface area contributed by atoms with E-state index in [1.165, 1.54) is 6.42 Å². The summed E-state index contributed by atoms with van der Waals surface area (Å²) in [5, 5.41) is 8.67. The van der Waals surface area contributed by atoms with Gasteiger partial charge in [-0.3, -0.25) is 4.79 Å². The maximum atomic E-state index is 11.4. The van der Waals surface area contributed by atoms with Gasteiger partial charge in [-0.15, -0.1) is 0 Å². The van der Waals surface area contributed by atoms with Crippen LogP contribution in [0.3, 0.4) is 0 Å². The Morgan fingerprint density at radius 1 is 1.62 bits per heavy atom. The molecular weight excluding hydrogens is 164 g/mol. The highest BCUT2D eigenvalue weighted by Gasteiger charge is 2.21. The van der Waals surface area contributed by atoms with Crippen LogP contribution < -0.4 is 0 Å². The molecule has 2 heteroatoms. The number of ketones is 1. The quantitative estimate of drug-likeness (QED) is 0.678. The Labute approximate surface area is 79.6 Å². The summed E-state index contributed by atoms with van der Waals surface area (Å²) in [5.41, 5.74) is 1.14. The van der Waals surface area contributed by atoms with Crippen molar-refractivity contribution in [2.45, 2.75) is 39.0 Å². The number of carbonyl (C=O) groups excluding carboxylic acids is 1. The Balaban J connectivity index is 2.42. The van der Waals surface area contributed by atoms with Crippen LogP contribution >= 0.6 is 0 Å². The average Bonchev–Trinajstić information content (AvgIpc) is 2.09. The van der Waals surface area contributed by atoms with Gasteiger partial charge in [0.2, 0.25) is 0 Å². The molecule has 0 aliphatic heterocycles. The predicted octanol–water partition coefficient (Wildman–Crippen LogP) is 2.07. The average molecular weight is 182 g/mol. The highest BCUT2D eigenvalue weighted by molar-refractivity contribution is 5.81. The second-order valence-electron chi connectivity index (χ2n) is 3.85. The van der Waals surface area contributed by atoms with E-state index in [2.05, 4.69) is 0 Å². The molecule has 13 heavy (non-hydrogen) atoms. The van der Waals surface area contributed by atoms with Gasteiger partial charge in [0.15, 0.2) is 0 Å². The van der Waals surface area contributed by atoms with Crippen molar-refractivity contribution in [3.8, 4) is 0 Å². The molecule has 1 atom stereocenters. The molecule has 1 unspecified atom stereocenters. The molecule has 0 aromatic heterocycles. The lowest BCUT2D eigenvalue weighted by Crippen LogP contribution is -2.19. The summed E-state index contributed by atoms with van der Waals surface area (Å²) in [6.45, 7) is 2.07. The van der Waals surface area contributed by atoms with Gasteiger partial charge in [0.25, 0.3) is 0 Å². The Kier molecular flexibility index (Phi) is 4.16. The molecule has 0 spiro atoms. The summed E-state index contributed by atoms with van der Waals surface area (Å²) in [7, 11) is 0. The molecule has 1 fully saturated rings. The summed E-state index contributed by atoms with van der Waals surface area (Å²) in [6, 6.07) is 0. The zero-order valence-corrected chi connectivity index (χ0v) is 8.25. The lowest BCUT2D eigenvalue weighted by Gasteiger charge is -2.20. The van der Waals surface area contributed by atoms with Crippen LogP contribution in [0.1, 0.15) is 39.0 Å². The lowest BCUT2D eigenvalue weighted by molar-refractivity contribution is -0.124. The third-order valence-electron chi connectivity index (χ3n) is 2.69. The van der Waals surface area contributed by atoms with Crippen molar-refractivity contribution in [2.75, 3.05) is 6.61 Å². The maximum absolute atomic E-state index is 11.4. The summed E-state index contributed by atoms with van der Waals surface area (Å²) < 4.78 is 0. The van der Waals surface area contributed by atoms with Crippen molar-refractivity contribution in [3.63, 3.8) is 0 Å². The van der Waals surface area contributed by atoms with Crippen LogP contribution in [0.25, 0.3) is 0 Å². The number of Topliss-reactive ketones (excluding diaryl/α,β-unsaturated/α-hetero) is 1. The third kappa shape index (κ3) is 3.31. The fourth-order valence-electron chi connectivity index (χ4n) is 1.90. The third-order valence-corrected chi connectivity index (χ3v) is 2.69. The van der Waals surface area contributed by atoms with Crippen molar-refractivity contribution in [1.82, 2.24) is 0 Å². The van der Waals surface area contributed by atoms with Crippen molar-refractivity contribution in [3.05, 3.63) is 11.6 Å². The van der Waals surface area contributed by atoms with Crippen molar-refractivity contribution in [1.29, 1.82) is 0 Å². The Hall–Kier alpha value is -0.630. The molecule has 0 amide bonds. The van der Waals surface area contributed by atoms with Crippen molar-refractivity contribution in [2.24, 2.45) is 5.92 Å². The summed E-state index contributed by atoms with van der Waals surface area (Å²) >= 11 is 0. The van der Waals surface area contributed by atoms with Crippen LogP contribution in [0.15, 0.2) is 11.6 Å². The summed E-state index contributed by atoms with van der Waals surface area (Å²) in [5.74, 6) is 0.647. The molecule has 0 heterocycles. The van der Waals surface area contributed by atoms with E-state index in [4.69, 9.17) is 5.11 Å². The van der Waals surface area contributed by atoms with E-state index >= 15 is 0 Å². The zero-order chi connectivity index (χ0) is 9.68. The number of allylic oxidation sites excluding steroid dienone is 1. The summed E-state index contributed by atoms with van der Waals surface area (Å²) in [6.07, 6.45) is 6.69. The number of rotatable bonds is 3. The van der Waals surface area contributed by atoms with Crippen LogP contribution in [0.5, 0.6) is 0 Å². The molecular formula is C11H18O2. The Bertz CT molecular complexity index is 206. The van der Waals surface area contributed by atoms with E-state index in [9.17, 15) is 4.79 Å². The van der Waals surface area contributed by atoms with Gasteiger partial charge in [0.1, 0.15) is 5.78 Å². The second-order valence-corrected chi connectivity index (χ2v) is 3.85. The lowest BCUT2D eigenvalue weighted by atomic mass is 9.84. The first-order valence-corrected chi connectivity index (χ1v) is 5.03. The molecule has 0 saturated heterocycles. The molecule has 0 radical (unpaired) electrons.